The number of piperidine rings is 1. The lowest BCUT2D eigenvalue weighted by molar-refractivity contribution is -0.142. The van der Waals surface area contributed by atoms with Gasteiger partial charge in [-0.05, 0) is 46.2 Å². The first-order chi connectivity index (χ1) is 13.2. The van der Waals surface area contributed by atoms with Crippen LogP contribution in [0.5, 0.6) is 0 Å². The normalized spacial score (nSPS) is 24.1. The summed E-state index contributed by atoms with van der Waals surface area (Å²) in [6, 6.07) is 10.3. The summed E-state index contributed by atoms with van der Waals surface area (Å²) < 4.78 is 5.51. The third kappa shape index (κ3) is 5.04. The molecule has 6 heteroatoms. The average molecular weight is 388 g/mol. The van der Waals surface area contributed by atoms with Crippen molar-refractivity contribution in [3.8, 4) is 0 Å². The standard InChI is InChI=1S/C22H33N3O3/c1-22(2,3)28-21(27)24-12-8-11-18(15-24)20(26)25-14-13-23(4)16-19(25)17-9-6-5-7-10-17/h5-7,9-10,18-19H,8,11-16H2,1-4H3. The molecule has 3 rings (SSSR count). The number of likely N-dealkylation sites (tertiary alicyclic amines) is 1. The zero-order valence-corrected chi connectivity index (χ0v) is 17.6. The van der Waals surface area contributed by atoms with Crippen molar-refractivity contribution in [2.24, 2.45) is 5.92 Å². The van der Waals surface area contributed by atoms with Crippen molar-refractivity contribution in [2.75, 3.05) is 39.8 Å². The number of likely N-dealkylation sites (N-methyl/N-ethyl adjacent to an activating group) is 1. The van der Waals surface area contributed by atoms with Gasteiger partial charge in [0.05, 0.1) is 12.0 Å². The molecule has 2 aliphatic rings. The Hall–Kier alpha value is -2.08. The summed E-state index contributed by atoms with van der Waals surface area (Å²) in [4.78, 5) is 31.9. The van der Waals surface area contributed by atoms with Crippen molar-refractivity contribution in [3.63, 3.8) is 0 Å². The van der Waals surface area contributed by atoms with Gasteiger partial charge in [-0.3, -0.25) is 4.79 Å². The highest BCUT2D eigenvalue weighted by Gasteiger charge is 2.37. The maximum Gasteiger partial charge on any atom is 0.410 e. The second kappa shape index (κ2) is 8.52. The molecule has 1 aromatic rings. The molecule has 0 aromatic heterocycles. The van der Waals surface area contributed by atoms with Crippen LogP contribution in [-0.4, -0.2) is 72.1 Å². The fraction of sp³-hybridized carbons (Fsp3) is 0.636. The molecule has 2 atom stereocenters. The zero-order valence-electron chi connectivity index (χ0n) is 17.6. The van der Waals surface area contributed by atoms with Gasteiger partial charge in [0.1, 0.15) is 5.60 Å². The maximum atomic E-state index is 13.4. The van der Waals surface area contributed by atoms with E-state index in [-0.39, 0.29) is 24.0 Å². The number of benzene rings is 1. The molecule has 0 spiro atoms. The van der Waals surface area contributed by atoms with Gasteiger partial charge in [-0.2, -0.15) is 0 Å². The lowest BCUT2D eigenvalue weighted by Crippen LogP contribution is -2.53. The summed E-state index contributed by atoms with van der Waals surface area (Å²) in [6.07, 6.45) is 1.34. The van der Waals surface area contributed by atoms with Gasteiger partial charge in [0, 0.05) is 32.7 Å². The molecule has 2 saturated heterocycles. The van der Waals surface area contributed by atoms with Crippen molar-refractivity contribution >= 4 is 12.0 Å². The number of hydrogen-bond donors (Lipinski definition) is 0. The summed E-state index contributed by atoms with van der Waals surface area (Å²) in [7, 11) is 2.10. The van der Waals surface area contributed by atoms with E-state index in [2.05, 4.69) is 24.1 Å². The minimum Gasteiger partial charge on any atom is -0.444 e. The first-order valence-corrected chi connectivity index (χ1v) is 10.3. The molecular weight excluding hydrogens is 354 g/mol. The van der Waals surface area contributed by atoms with E-state index >= 15 is 0 Å². The minimum atomic E-state index is -0.524. The molecule has 154 valence electrons. The van der Waals surface area contributed by atoms with Crippen LogP contribution in [0.15, 0.2) is 30.3 Å². The summed E-state index contributed by atoms with van der Waals surface area (Å²) in [6.45, 7) is 9.13. The number of rotatable bonds is 2. The fourth-order valence-corrected chi connectivity index (χ4v) is 4.05. The Morgan fingerprint density at radius 1 is 1.04 bits per heavy atom. The lowest BCUT2D eigenvalue weighted by Gasteiger charge is -2.43. The molecule has 6 nitrogen and oxygen atoms in total. The Kier molecular flexibility index (Phi) is 6.28. The van der Waals surface area contributed by atoms with E-state index in [1.165, 1.54) is 5.56 Å². The second-order valence-corrected chi connectivity index (χ2v) is 8.99. The molecule has 2 aliphatic heterocycles. The molecule has 1 aromatic carbocycles. The average Bonchev–Trinajstić information content (AvgIpc) is 2.67. The van der Waals surface area contributed by atoms with E-state index in [1.54, 1.807) is 4.90 Å². The first kappa shape index (κ1) is 20.6. The second-order valence-electron chi connectivity index (χ2n) is 8.99. The van der Waals surface area contributed by atoms with Crippen LogP contribution < -0.4 is 0 Å². The Labute approximate surface area is 168 Å². The van der Waals surface area contributed by atoms with Gasteiger partial charge in [0.25, 0.3) is 0 Å². The molecular formula is C22H33N3O3. The highest BCUT2D eigenvalue weighted by atomic mass is 16.6. The molecule has 2 fully saturated rings. The smallest absolute Gasteiger partial charge is 0.410 e. The van der Waals surface area contributed by atoms with Crippen LogP contribution in [-0.2, 0) is 9.53 Å². The Morgan fingerprint density at radius 2 is 1.75 bits per heavy atom. The number of hydrogen-bond acceptors (Lipinski definition) is 4. The molecule has 28 heavy (non-hydrogen) atoms. The monoisotopic (exact) mass is 387 g/mol. The van der Waals surface area contributed by atoms with E-state index in [0.29, 0.717) is 13.1 Å². The van der Waals surface area contributed by atoms with Crippen LogP contribution in [0.1, 0.15) is 45.2 Å². The van der Waals surface area contributed by atoms with Crippen LogP contribution >= 0.6 is 0 Å². The highest BCUT2D eigenvalue weighted by Crippen LogP contribution is 2.29. The van der Waals surface area contributed by atoms with Crippen LogP contribution in [0, 0.1) is 5.92 Å². The van der Waals surface area contributed by atoms with Crippen LogP contribution in [0.25, 0.3) is 0 Å². The van der Waals surface area contributed by atoms with Gasteiger partial charge in [0.2, 0.25) is 5.91 Å². The van der Waals surface area contributed by atoms with Crippen molar-refractivity contribution < 1.29 is 14.3 Å². The minimum absolute atomic E-state index is 0.0596. The lowest BCUT2D eigenvalue weighted by atomic mass is 9.94. The van der Waals surface area contributed by atoms with Crippen molar-refractivity contribution in [1.82, 2.24) is 14.7 Å². The first-order valence-electron chi connectivity index (χ1n) is 10.3. The van der Waals surface area contributed by atoms with E-state index in [1.807, 2.05) is 43.9 Å². The van der Waals surface area contributed by atoms with Crippen molar-refractivity contribution in [3.05, 3.63) is 35.9 Å². The van der Waals surface area contributed by atoms with Gasteiger partial charge < -0.3 is 19.4 Å². The van der Waals surface area contributed by atoms with Crippen LogP contribution in [0.4, 0.5) is 4.79 Å². The largest absolute Gasteiger partial charge is 0.444 e. The number of nitrogens with zero attached hydrogens (tertiary/aromatic N) is 3. The Bertz CT molecular complexity index is 686. The van der Waals surface area contributed by atoms with Gasteiger partial charge in [-0.1, -0.05) is 30.3 Å². The van der Waals surface area contributed by atoms with E-state index in [9.17, 15) is 9.59 Å². The topological polar surface area (TPSA) is 53.1 Å². The zero-order chi connectivity index (χ0) is 20.3. The summed E-state index contributed by atoms with van der Waals surface area (Å²) in [5.74, 6) is 0.00565. The quantitative estimate of drug-likeness (QED) is 0.782. The number of carbonyl (C=O) groups excluding carboxylic acids is 2. The molecule has 0 N–H and O–H groups in total. The van der Waals surface area contributed by atoms with E-state index < -0.39 is 5.60 Å². The van der Waals surface area contributed by atoms with Crippen molar-refractivity contribution in [1.29, 1.82) is 0 Å². The predicted octanol–water partition coefficient (Wildman–Crippen LogP) is 3.15. The number of carbonyl (C=O) groups is 2. The van der Waals surface area contributed by atoms with Gasteiger partial charge in [-0.25, -0.2) is 4.79 Å². The molecule has 0 saturated carbocycles. The number of amides is 2. The van der Waals surface area contributed by atoms with Gasteiger partial charge in [0.15, 0.2) is 0 Å². The molecule has 2 amide bonds. The van der Waals surface area contributed by atoms with Crippen LogP contribution in [0.3, 0.4) is 0 Å². The summed E-state index contributed by atoms with van der Waals surface area (Å²) in [5, 5.41) is 0. The van der Waals surface area contributed by atoms with Crippen LogP contribution in [0.2, 0.25) is 0 Å². The number of ether oxygens (including phenoxy) is 1. The SMILES string of the molecule is CN1CCN(C(=O)C2CCCN(C(=O)OC(C)(C)C)C2)C(c2ccccc2)C1. The molecule has 2 heterocycles. The van der Waals surface area contributed by atoms with Gasteiger partial charge in [-0.15, -0.1) is 0 Å². The molecule has 0 aliphatic carbocycles. The molecule has 0 radical (unpaired) electrons. The van der Waals surface area contributed by atoms with E-state index in [0.717, 1.165) is 32.5 Å². The Morgan fingerprint density at radius 3 is 2.43 bits per heavy atom. The molecule has 2 unspecified atom stereocenters. The summed E-state index contributed by atoms with van der Waals surface area (Å²) in [5.41, 5.74) is 0.645. The van der Waals surface area contributed by atoms with Gasteiger partial charge >= 0.3 is 6.09 Å². The highest BCUT2D eigenvalue weighted by molar-refractivity contribution is 5.81. The third-order valence-electron chi connectivity index (χ3n) is 5.47. The summed E-state index contributed by atoms with van der Waals surface area (Å²) >= 11 is 0. The van der Waals surface area contributed by atoms with E-state index in [4.69, 9.17) is 4.74 Å². The molecule has 0 bridgehead atoms. The third-order valence-corrected chi connectivity index (χ3v) is 5.47. The maximum absolute atomic E-state index is 13.4. The van der Waals surface area contributed by atoms with Crippen molar-refractivity contribution in [2.45, 2.75) is 45.3 Å². The fourth-order valence-electron chi connectivity index (χ4n) is 4.05. The Balaban J connectivity index is 1.71. The predicted molar refractivity (Wildman–Crippen MR) is 109 cm³/mol. The number of piperazine rings is 1.